The minimum atomic E-state index is -0.767. The molecule has 2 unspecified atom stereocenters. The number of carbonyl (C=O) groups is 2. The second-order valence-electron chi connectivity index (χ2n) is 5.51. The van der Waals surface area contributed by atoms with Gasteiger partial charge in [-0.1, -0.05) is 6.42 Å². The van der Waals surface area contributed by atoms with Gasteiger partial charge in [0.05, 0.1) is 12.5 Å². The second-order valence-corrected chi connectivity index (χ2v) is 5.51. The zero-order valence-electron chi connectivity index (χ0n) is 12.3. The molecule has 1 fully saturated rings. The summed E-state index contributed by atoms with van der Waals surface area (Å²) in [5, 5.41) is 18.6. The Bertz CT molecular complexity index is 516. The summed E-state index contributed by atoms with van der Waals surface area (Å²) >= 11 is 0. The van der Waals surface area contributed by atoms with Gasteiger partial charge in [0, 0.05) is 13.6 Å². The summed E-state index contributed by atoms with van der Waals surface area (Å²) in [6.45, 7) is 2.50. The number of carboxylic acids is 1. The standard InChI is InChI=1S/C13H21N5O3/c1-8-15-11(17-16-8)7-18(2)13(21)14-6-9-4-3-5-10(9)12(19)20/h9-10H,3-7H2,1-2H3,(H,14,21)(H,19,20)(H,15,16,17). The summed E-state index contributed by atoms with van der Waals surface area (Å²) in [5.74, 6) is 0.164. The van der Waals surface area contributed by atoms with Crippen LogP contribution < -0.4 is 5.32 Å². The van der Waals surface area contributed by atoms with Crippen LogP contribution in [0.2, 0.25) is 0 Å². The van der Waals surface area contributed by atoms with Crippen molar-refractivity contribution < 1.29 is 14.7 Å². The fourth-order valence-corrected chi connectivity index (χ4v) is 2.70. The number of carboxylic acid groups (broad SMARTS) is 1. The molecule has 0 radical (unpaired) electrons. The van der Waals surface area contributed by atoms with Crippen LogP contribution in [0.3, 0.4) is 0 Å². The third-order valence-electron chi connectivity index (χ3n) is 3.86. The van der Waals surface area contributed by atoms with Gasteiger partial charge in [0.25, 0.3) is 0 Å². The van der Waals surface area contributed by atoms with Crippen molar-refractivity contribution in [2.45, 2.75) is 32.7 Å². The second kappa shape index (κ2) is 6.55. The minimum Gasteiger partial charge on any atom is -0.481 e. The fourth-order valence-electron chi connectivity index (χ4n) is 2.70. The number of aliphatic carboxylic acids is 1. The van der Waals surface area contributed by atoms with Gasteiger partial charge in [-0.25, -0.2) is 9.78 Å². The number of carbonyl (C=O) groups excluding carboxylic acids is 1. The van der Waals surface area contributed by atoms with Gasteiger partial charge in [0.15, 0.2) is 5.82 Å². The van der Waals surface area contributed by atoms with Crippen molar-refractivity contribution in [3.8, 4) is 0 Å². The molecule has 0 aromatic carbocycles. The van der Waals surface area contributed by atoms with Gasteiger partial charge in [-0.05, 0) is 25.7 Å². The molecule has 8 nitrogen and oxygen atoms in total. The first-order chi connectivity index (χ1) is 9.97. The zero-order valence-corrected chi connectivity index (χ0v) is 12.3. The quantitative estimate of drug-likeness (QED) is 0.742. The Morgan fingerprint density at radius 2 is 2.24 bits per heavy atom. The molecule has 116 valence electrons. The predicted molar refractivity (Wildman–Crippen MR) is 74.5 cm³/mol. The van der Waals surface area contributed by atoms with Gasteiger partial charge in [-0.15, -0.1) is 0 Å². The maximum absolute atomic E-state index is 12.0. The Morgan fingerprint density at radius 3 is 2.86 bits per heavy atom. The summed E-state index contributed by atoms with van der Waals surface area (Å²) in [5.41, 5.74) is 0. The molecule has 0 saturated heterocycles. The van der Waals surface area contributed by atoms with Crippen molar-refractivity contribution in [1.29, 1.82) is 0 Å². The third kappa shape index (κ3) is 3.93. The van der Waals surface area contributed by atoms with Gasteiger partial charge in [0.2, 0.25) is 0 Å². The average Bonchev–Trinajstić information content (AvgIpc) is 3.04. The van der Waals surface area contributed by atoms with Crippen LogP contribution in [0.15, 0.2) is 0 Å². The maximum Gasteiger partial charge on any atom is 0.317 e. The van der Waals surface area contributed by atoms with Crippen LogP contribution in [0.5, 0.6) is 0 Å². The summed E-state index contributed by atoms with van der Waals surface area (Å²) in [6, 6.07) is -0.242. The highest BCUT2D eigenvalue weighted by atomic mass is 16.4. The molecule has 1 aromatic rings. The lowest BCUT2D eigenvalue weighted by Crippen LogP contribution is -2.40. The van der Waals surface area contributed by atoms with Crippen LogP contribution in [0.25, 0.3) is 0 Å². The minimum absolute atomic E-state index is 0.0191. The molecular formula is C13H21N5O3. The van der Waals surface area contributed by atoms with Crippen molar-refractivity contribution in [2.75, 3.05) is 13.6 Å². The average molecular weight is 295 g/mol. The van der Waals surface area contributed by atoms with Crippen molar-refractivity contribution in [1.82, 2.24) is 25.4 Å². The van der Waals surface area contributed by atoms with Gasteiger partial charge < -0.3 is 15.3 Å². The van der Waals surface area contributed by atoms with Gasteiger partial charge in [-0.2, -0.15) is 5.10 Å². The number of aromatic amines is 1. The Hall–Kier alpha value is -2.12. The Balaban J connectivity index is 1.79. The molecule has 21 heavy (non-hydrogen) atoms. The number of rotatable bonds is 5. The van der Waals surface area contributed by atoms with Gasteiger partial charge >= 0.3 is 12.0 Å². The first-order valence-electron chi connectivity index (χ1n) is 7.07. The summed E-state index contributed by atoms with van der Waals surface area (Å²) < 4.78 is 0. The van der Waals surface area contributed by atoms with Crippen LogP contribution in [0.1, 0.15) is 30.9 Å². The SMILES string of the molecule is Cc1nc(CN(C)C(=O)NCC2CCCC2C(=O)O)n[nH]1. The van der Waals surface area contributed by atoms with E-state index in [0.717, 1.165) is 12.8 Å². The first kappa shape index (κ1) is 15.3. The molecule has 1 aromatic heterocycles. The third-order valence-corrected chi connectivity index (χ3v) is 3.86. The van der Waals surface area contributed by atoms with Crippen LogP contribution in [0.4, 0.5) is 4.79 Å². The smallest absolute Gasteiger partial charge is 0.317 e. The molecular weight excluding hydrogens is 274 g/mol. The number of aromatic nitrogens is 3. The molecule has 0 bridgehead atoms. The number of H-pyrrole nitrogens is 1. The van der Waals surface area contributed by atoms with Gasteiger partial charge in [0.1, 0.15) is 5.82 Å². The number of aryl methyl sites for hydroxylation is 1. The monoisotopic (exact) mass is 295 g/mol. The largest absolute Gasteiger partial charge is 0.481 e. The van der Waals surface area contributed by atoms with Crippen molar-refractivity contribution in [3.63, 3.8) is 0 Å². The molecule has 1 aliphatic carbocycles. The van der Waals surface area contributed by atoms with E-state index in [0.29, 0.717) is 31.2 Å². The van der Waals surface area contributed by atoms with Crippen LogP contribution in [-0.2, 0) is 11.3 Å². The molecule has 1 heterocycles. The van der Waals surface area contributed by atoms with Crippen LogP contribution in [-0.4, -0.2) is 50.8 Å². The topological polar surface area (TPSA) is 111 Å². The van der Waals surface area contributed by atoms with E-state index >= 15 is 0 Å². The van der Waals surface area contributed by atoms with E-state index in [9.17, 15) is 9.59 Å². The van der Waals surface area contributed by atoms with E-state index in [1.807, 2.05) is 0 Å². The normalized spacial score (nSPS) is 21.2. The number of hydrogen-bond acceptors (Lipinski definition) is 4. The van der Waals surface area contributed by atoms with Crippen LogP contribution in [0, 0.1) is 18.8 Å². The Morgan fingerprint density at radius 1 is 1.48 bits per heavy atom. The maximum atomic E-state index is 12.0. The molecule has 2 rings (SSSR count). The number of hydrogen-bond donors (Lipinski definition) is 3. The first-order valence-corrected chi connectivity index (χ1v) is 7.07. The van der Waals surface area contributed by atoms with E-state index in [1.54, 1.807) is 14.0 Å². The number of urea groups is 1. The Labute approximate surface area is 122 Å². The lowest BCUT2D eigenvalue weighted by molar-refractivity contribution is -0.142. The number of amides is 2. The van der Waals surface area contributed by atoms with Crippen LogP contribution >= 0.6 is 0 Å². The molecule has 1 saturated carbocycles. The summed E-state index contributed by atoms with van der Waals surface area (Å²) in [6.07, 6.45) is 2.45. The molecule has 1 aliphatic rings. The molecule has 0 aliphatic heterocycles. The van der Waals surface area contributed by atoms with Gasteiger partial charge in [-0.3, -0.25) is 9.89 Å². The fraction of sp³-hybridized carbons (Fsp3) is 0.692. The lowest BCUT2D eigenvalue weighted by atomic mass is 9.96. The van der Waals surface area contributed by atoms with E-state index in [1.165, 1.54) is 4.90 Å². The predicted octanol–water partition coefficient (Wildman–Crippen LogP) is 0.755. The Kier molecular flexibility index (Phi) is 4.77. The molecule has 3 N–H and O–H groups in total. The number of nitrogens with zero attached hydrogens (tertiary/aromatic N) is 3. The summed E-state index contributed by atoms with van der Waals surface area (Å²) in [4.78, 5) is 28.7. The van der Waals surface area contributed by atoms with Crippen molar-refractivity contribution in [2.24, 2.45) is 11.8 Å². The number of nitrogens with one attached hydrogen (secondary N) is 2. The molecule has 2 atom stereocenters. The van der Waals surface area contributed by atoms with Crippen molar-refractivity contribution in [3.05, 3.63) is 11.6 Å². The van der Waals surface area contributed by atoms with E-state index in [-0.39, 0.29) is 17.9 Å². The highest BCUT2D eigenvalue weighted by molar-refractivity contribution is 5.74. The zero-order chi connectivity index (χ0) is 15.4. The molecule has 2 amide bonds. The van der Waals surface area contributed by atoms with E-state index < -0.39 is 5.97 Å². The molecule has 0 spiro atoms. The van der Waals surface area contributed by atoms with E-state index in [2.05, 4.69) is 20.5 Å². The van der Waals surface area contributed by atoms with E-state index in [4.69, 9.17) is 5.11 Å². The lowest BCUT2D eigenvalue weighted by Gasteiger charge is -2.20. The summed E-state index contributed by atoms with van der Waals surface area (Å²) in [7, 11) is 1.66. The van der Waals surface area contributed by atoms with Crippen molar-refractivity contribution >= 4 is 12.0 Å². The highest BCUT2D eigenvalue weighted by Crippen LogP contribution is 2.31. The molecule has 8 heteroatoms. The highest BCUT2D eigenvalue weighted by Gasteiger charge is 2.33.